The molecule has 0 spiro atoms. The SMILES string of the molecule is CC(C)(C)N=Cc1ccccc1C1=C(c2ccccc2)[I+]1. The van der Waals surface area contributed by atoms with Crippen LogP contribution in [0.4, 0.5) is 0 Å². The van der Waals surface area contributed by atoms with Gasteiger partial charge < -0.3 is 0 Å². The van der Waals surface area contributed by atoms with Crippen LogP contribution in [0.2, 0.25) is 0 Å². The second-order valence-corrected chi connectivity index (χ2v) is 8.80. The molecule has 2 heteroatoms. The van der Waals surface area contributed by atoms with Crippen molar-refractivity contribution in [1.29, 1.82) is 0 Å². The van der Waals surface area contributed by atoms with Crippen LogP contribution in [-0.4, -0.2) is 11.8 Å². The first kappa shape index (κ1) is 14.5. The Kier molecular flexibility index (Phi) is 3.98. The molecule has 106 valence electrons. The van der Waals surface area contributed by atoms with E-state index in [4.69, 9.17) is 0 Å². The highest BCUT2D eigenvalue weighted by molar-refractivity contribution is 5.97. The maximum Gasteiger partial charge on any atom is 0.369 e. The first-order chi connectivity index (χ1) is 10.0. The molecule has 1 nitrogen and oxygen atoms in total. The van der Waals surface area contributed by atoms with Gasteiger partial charge >= 0.3 is 21.2 Å². The zero-order chi connectivity index (χ0) is 14.9. The van der Waals surface area contributed by atoms with E-state index in [9.17, 15) is 0 Å². The molecule has 0 fully saturated rings. The average molecular weight is 388 g/mol. The van der Waals surface area contributed by atoms with Gasteiger partial charge in [0.1, 0.15) is 0 Å². The fourth-order valence-corrected chi connectivity index (χ4v) is 4.54. The molecule has 2 aromatic rings. The largest absolute Gasteiger partial charge is 0.369 e. The lowest BCUT2D eigenvalue weighted by Crippen LogP contribution is -3.48. The summed E-state index contributed by atoms with van der Waals surface area (Å²) in [5.74, 6) is 0. The summed E-state index contributed by atoms with van der Waals surface area (Å²) in [6, 6.07) is 19.4. The van der Waals surface area contributed by atoms with Gasteiger partial charge in [0.15, 0.2) is 0 Å². The zero-order valence-corrected chi connectivity index (χ0v) is 14.8. The van der Waals surface area contributed by atoms with Crippen LogP contribution in [0.25, 0.3) is 7.16 Å². The molecule has 0 radical (unpaired) electrons. The van der Waals surface area contributed by atoms with E-state index in [1.165, 1.54) is 16.7 Å². The molecular formula is C19H19IN+. The smallest absolute Gasteiger partial charge is 0.287 e. The lowest BCUT2D eigenvalue weighted by molar-refractivity contribution is -0.391. The molecule has 3 rings (SSSR count). The molecule has 0 unspecified atom stereocenters. The van der Waals surface area contributed by atoms with Crippen molar-refractivity contribution in [2.45, 2.75) is 26.3 Å². The Morgan fingerprint density at radius 1 is 0.857 bits per heavy atom. The summed E-state index contributed by atoms with van der Waals surface area (Å²) in [4.78, 5) is 4.66. The van der Waals surface area contributed by atoms with Crippen molar-refractivity contribution in [2.75, 3.05) is 0 Å². The van der Waals surface area contributed by atoms with E-state index in [2.05, 4.69) is 80.4 Å². The van der Waals surface area contributed by atoms with Gasteiger partial charge in [0.25, 0.3) is 7.16 Å². The molecule has 0 aromatic heterocycles. The van der Waals surface area contributed by atoms with E-state index in [1.54, 1.807) is 7.16 Å². The van der Waals surface area contributed by atoms with Crippen LogP contribution in [0.1, 0.15) is 37.5 Å². The Hall–Kier alpha value is -1.42. The summed E-state index contributed by atoms with van der Waals surface area (Å²) in [6.07, 6.45) is 2.03. The van der Waals surface area contributed by atoms with Crippen molar-refractivity contribution in [1.82, 2.24) is 0 Å². The molecule has 1 aliphatic rings. The molecule has 0 atom stereocenters. The van der Waals surface area contributed by atoms with Crippen molar-refractivity contribution in [3.8, 4) is 0 Å². The van der Waals surface area contributed by atoms with Crippen LogP contribution in [0, 0.1) is 0 Å². The minimum Gasteiger partial charge on any atom is -0.287 e. The third kappa shape index (κ3) is 3.62. The van der Waals surface area contributed by atoms with Crippen molar-refractivity contribution in [3.05, 3.63) is 71.3 Å². The van der Waals surface area contributed by atoms with Crippen molar-refractivity contribution < 1.29 is 21.2 Å². The number of nitrogens with zero attached hydrogens (tertiary/aromatic N) is 1. The Labute approximate surface area is 137 Å². The van der Waals surface area contributed by atoms with E-state index >= 15 is 0 Å². The fraction of sp³-hybridized carbons (Fsp3) is 0.211. The van der Waals surface area contributed by atoms with Gasteiger partial charge in [-0.1, -0.05) is 48.5 Å². The molecule has 0 aliphatic carbocycles. The highest BCUT2D eigenvalue weighted by Crippen LogP contribution is 2.23. The quantitative estimate of drug-likeness (QED) is 0.562. The molecule has 0 amide bonds. The number of hydrogen-bond acceptors (Lipinski definition) is 1. The highest BCUT2D eigenvalue weighted by atomic mass is 127. The number of benzene rings is 2. The van der Waals surface area contributed by atoms with Crippen molar-refractivity contribution >= 4 is 13.4 Å². The van der Waals surface area contributed by atoms with Gasteiger partial charge in [-0.2, -0.15) is 0 Å². The predicted molar refractivity (Wildman–Crippen MR) is 87.0 cm³/mol. The van der Waals surface area contributed by atoms with E-state index in [-0.39, 0.29) is 26.7 Å². The van der Waals surface area contributed by atoms with Gasteiger partial charge in [0.05, 0.1) is 5.54 Å². The molecular weight excluding hydrogens is 369 g/mol. The van der Waals surface area contributed by atoms with Gasteiger partial charge in [-0.25, -0.2) is 0 Å². The van der Waals surface area contributed by atoms with Gasteiger partial charge in [0, 0.05) is 22.9 Å². The van der Waals surface area contributed by atoms with E-state index < -0.39 is 0 Å². The van der Waals surface area contributed by atoms with E-state index in [1.807, 2.05) is 6.21 Å². The highest BCUT2D eigenvalue weighted by Gasteiger charge is 2.48. The van der Waals surface area contributed by atoms with Crippen molar-refractivity contribution in [2.24, 2.45) is 4.99 Å². The molecule has 0 saturated heterocycles. The second-order valence-electron chi connectivity index (χ2n) is 6.10. The lowest BCUT2D eigenvalue weighted by Gasteiger charge is -2.11. The van der Waals surface area contributed by atoms with Crippen molar-refractivity contribution in [3.63, 3.8) is 0 Å². The van der Waals surface area contributed by atoms with Crippen LogP contribution in [-0.2, 0) is 0 Å². The zero-order valence-electron chi connectivity index (χ0n) is 12.6. The van der Waals surface area contributed by atoms with Gasteiger partial charge in [-0.15, -0.1) is 0 Å². The summed E-state index contributed by atoms with van der Waals surface area (Å²) in [5.41, 5.74) is 3.98. The number of hydrogen-bond donors (Lipinski definition) is 0. The van der Waals surface area contributed by atoms with E-state index in [0.717, 1.165) is 0 Å². The van der Waals surface area contributed by atoms with Crippen LogP contribution < -0.4 is 21.2 Å². The standard InChI is InChI=1S/C19H19IN/c1-19(2,3)21-13-15-11-7-8-12-16(15)18-17(20-18)14-9-5-4-6-10-14/h4-13H,1-3H3/q+1. The molecule has 0 bridgehead atoms. The molecule has 0 N–H and O–H groups in total. The minimum absolute atomic E-state index is 0.0254. The summed E-state index contributed by atoms with van der Waals surface area (Å²) in [5, 5.41) is 0. The minimum atomic E-state index is -0.0254. The summed E-state index contributed by atoms with van der Waals surface area (Å²) >= 11 is 0.0656. The van der Waals surface area contributed by atoms with Crippen LogP contribution in [0.5, 0.6) is 0 Å². The third-order valence-corrected chi connectivity index (χ3v) is 5.98. The fourth-order valence-electron chi connectivity index (χ4n) is 2.08. The van der Waals surface area contributed by atoms with Crippen LogP contribution >= 0.6 is 0 Å². The lowest BCUT2D eigenvalue weighted by atomic mass is 10.1. The van der Waals surface area contributed by atoms with Crippen LogP contribution in [0.3, 0.4) is 0 Å². The number of aliphatic imine (C=N–C) groups is 1. The average Bonchev–Trinajstić information content (AvgIpc) is 3.26. The van der Waals surface area contributed by atoms with E-state index in [0.29, 0.717) is 0 Å². The second kappa shape index (κ2) is 5.76. The monoisotopic (exact) mass is 388 g/mol. The maximum absolute atomic E-state index is 4.66. The summed E-state index contributed by atoms with van der Waals surface area (Å²) in [6.45, 7) is 6.39. The molecule has 2 aromatic carbocycles. The maximum atomic E-state index is 4.66. The Balaban J connectivity index is 1.95. The Morgan fingerprint density at radius 3 is 2.24 bits per heavy atom. The molecule has 1 heterocycles. The van der Waals surface area contributed by atoms with Gasteiger partial charge in [-0.3, -0.25) is 4.99 Å². The van der Waals surface area contributed by atoms with Gasteiger partial charge in [-0.05, 0) is 26.8 Å². The summed E-state index contributed by atoms with van der Waals surface area (Å²) in [7, 11) is 0. The third-order valence-electron chi connectivity index (χ3n) is 3.16. The summed E-state index contributed by atoms with van der Waals surface area (Å²) < 4.78 is 3.14. The number of rotatable bonds is 3. The normalized spacial score (nSPS) is 14.8. The molecule has 21 heavy (non-hydrogen) atoms. The van der Waals surface area contributed by atoms with Crippen LogP contribution in [0.15, 0.2) is 59.6 Å². The number of halogens is 1. The van der Waals surface area contributed by atoms with Gasteiger partial charge in [0.2, 0.25) is 0 Å². The molecule has 1 aliphatic heterocycles. The Morgan fingerprint density at radius 2 is 1.52 bits per heavy atom. The predicted octanol–water partition coefficient (Wildman–Crippen LogP) is 1.83. The first-order valence-electron chi connectivity index (χ1n) is 7.14. The Bertz CT molecular complexity index is 706. The molecule has 0 saturated carbocycles. The first-order valence-corrected chi connectivity index (χ1v) is 9.29. The topological polar surface area (TPSA) is 12.4 Å².